The van der Waals surface area contributed by atoms with Gasteiger partial charge in [-0.05, 0) is 59.5 Å². The highest BCUT2D eigenvalue weighted by Gasteiger charge is 2.20. The number of hydrogen-bond donors (Lipinski definition) is 1. The largest absolute Gasteiger partial charge is 0.390 e. The Hall–Kier alpha value is -2.01. The molecule has 0 aliphatic heterocycles. The van der Waals surface area contributed by atoms with Crippen molar-refractivity contribution >= 4 is 51.0 Å². The van der Waals surface area contributed by atoms with Crippen LogP contribution in [0.2, 0.25) is 10.0 Å². The molecule has 0 atom stereocenters. The van der Waals surface area contributed by atoms with Crippen LogP contribution in [0, 0.1) is 0 Å². The van der Waals surface area contributed by atoms with Gasteiger partial charge in [-0.3, -0.25) is 4.79 Å². The Kier molecular flexibility index (Phi) is 5.33. The van der Waals surface area contributed by atoms with Crippen LogP contribution in [0.3, 0.4) is 0 Å². The monoisotopic (exact) mass is 390 g/mol. The summed E-state index contributed by atoms with van der Waals surface area (Å²) in [6, 6.07) is 14.4. The lowest BCUT2D eigenvalue weighted by Crippen LogP contribution is -2.18. The van der Waals surface area contributed by atoms with Gasteiger partial charge in [0, 0.05) is 34.9 Å². The fourth-order valence-electron chi connectivity index (χ4n) is 2.57. The van der Waals surface area contributed by atoms with Crippen molar-refractivity contribution in [2.45, 2.75) is 6.54 Å². The summed E-state index contributed by atoms with van der Waals surface area (Å²) in [6.07, 6.45) is 0. The van der Waals surface area contributed by atoms with E-state index in [0.717, 1.165) is 11.3 Å². The van der Waals surface area contributed by atoms with E-state index in [9.17, 15) is 4.79 Å². The number of rotatable bonds is 5. The zero-order chi connectivity index (χ0) is 18.0. The van der Waals surface area contributed by atoms with Gasteiger partial charge in [0.25, 0.3) is 0 Å². The van der Waals surface area contributed by atoms with Crippen LogP contribution in [-0.4, -0.2) is 12.8 Å². The highest BCUT2D eigenvalue weighted by atomic mass is 35.5. The number of carbonyl (C=O) groups excluding carboxylic acids is 1. The van der Waals surface area contributed by atoms with Crippen molar-refractivity contribution in [1.29, 1.82) is 0 Å². The van der Waals surface area contributed by atoms with E-state index in [1.165, 1.54) is 11.3 Å². The Bertz CT molecular complexity index is 889. The van der Waals surface area contributed by atoms with Crippen molar-refractivity contribution in [3.8, 4) is 0 Å². The van der Waals surface area contributed by atoms with Gasteiger partial charge in [0.15, 0.2) is 5.78 Å². The molecule has 0 spiro atoms. The molecule has 0 fully saturated rings. The first kappa shape index (κ1) is 17.8. The van der Waals surface area contributed by atoms with Gasteiger partial charge in [0.05, 0.1) is 10.6 Å². The SMILES string of the molecule is CN(Cc1csc(N)c1C(=O)c1ccc(Cl)cc1)c1ccc(Cl)cc1. The standard InChI is InChI=1S/C19H16Cl2N2OS/c1-23(16-8-6-15(21)7-9-16)10-13-11-25-19(22)17(13)18(24)12-2-4-14(20)5-3-12/h2-9,11H,10,22H2,1H3. The Morgan fingerprint density at radius 1 is 1.04 bits per heavy atom. The number of nitrogen functional groups attached to an aromatic ring is 1. The first-order valence-electron chi connectivity index (χ1n) is 7.58. The second-order valence-corrected chi connectivity index (χ2v) is 7.45. The van der Waals surface area contributed by atoms with Gasteiger partial charge in [-0.15, -0.1) is 11.3 Å². The Morgan fingerprint density at radius 3 is 2.20 bits per heavy atom. The molecular weight excluding hydrogens is 375 g/mol. The maximum atomic E-state index is 12.9. The van der Waals surface area contributed by atoms with E-state index in [2.05, 4.69) is 4.90 Å². The van der Waals surface area contributed by atoms with Crippen LogP contribution >= 0.6 is 34.5 Å². The molecule has 0 unspecified atom stereocenters. The minimum absolute atomic E-state index is 0.0880. The number of nitrogens with two attached hydrogens (primary N) is 1. The molecule has 1 aromatic heterocycles. The number of nitrogens with zero attached hydrogens (tertiary/aromatic N) is 1. The third-order valence-corrected chi connectivity index (χ3v) is 5.27. The van der Waals surface area contributed by atoms with Crippen LogP contribution in [-0.2, 0) is 6.54 Å². The molecule has 128 valence electrons. The molecule has 0 saturated heterocycles. The molecule has 0 amide bonds. The number of ketones is 1. The van der Waals surface area contributed by atoms with Crippen molar-refractivity contribution in [3.63, 3.8) is 0 Å². The lowest BCUT2D eigenvalue weighted by Gasteiger charge is -2.19. The van der Waals surface area contributed by atoms with Crippen LogP contribution in [0.5, 0.6) is 0 Å². The maximum Gasteiger partial charge on any atom is 0.196 e. The minimum Gasteiger partial charge on any atom is -0.390 e. The van der Waals surface area contributed by atoms with Crippen LogP contribution in [0.4, 0.5) is 10.7 Å². The normalized spacial score (nSPS) is 10.7. The van der Waals surface area contributed by atoms with E-state index < -0.39 is 0 Å². The molecule has 2 N–H and O–H groups in total. The molecule has 0 bridgehead atoms. The van der Waals surface area contributed by atoms with Crippen LogP contribution in [0.1, 0.15) is 21.5 Å². The molecule has 0 aliphatic rings. The fourth-order valence-corrected chi connectivity index (χ4v) is 3.63. The first-order chi connectivity index (χ1) is 12.0. The Labute approximate surface area is 160 Å². The summed E-state index contributed by atoms with van der Waals surface area (Å²) in [4.78, 5) is 14.9. The zero-order valence-electron chi connectivity index (χ0n) is 13.5. The topological polar surface area (TPSA) is 46.3 Å². The van der Waals surface area contributed by atoms with Crippen LogP contribution in [0.25, 0.3) is 0 Å². The van der Waals surface area contributed by atoms with Gasteiger partial charge in [-0.1, -0.05) is 23.2 Å². The summed E-state index contributed by atoms with van der Waals surface area (Å²) in [5, 5.41) is 3.75. The third kappa shape index (κ3) is 3.98. The summed E-state index contributed by atoms with van der Waals surface area (Å²) in [5.74, 6) is -0.0880. The number of anilines is 2. The van der Waals surface area contributed by atoms with Gasteiger partial charge in [0.1, 0.15) is 0 Å². The van der Waals surface area contributed by atoms with Crippen LogP contribution in [0.15, 0.2) is 53.9 Å². The summed E-state index contributed by atoms with van der Waals surface area (Å²) >= 11 is 13.2. The summed E-state index contributed by atoms with van der Waals surface area (Å²) in [5.41, 5.74) is 9.13. The fraction of sp³-hybridized carbons (Fsp3) is 0.105. The number of hydrogen-bond acceptors (Lipinski definition) is 4. The highest BCUT2D eigenvalue weighted by Crippen LogP contribution is 2.30. The highest BCUT2D eigenvalue weighted by molar-refractivity contribution is 7.14. The van der Waals surface area contributed by atoms with Crippen LogP contribution < -0.4 is 10.6 Å². The molecule has 6 heteroatoms. The lowest BCUT2D eigenvalue weighted by atomic mass is 10.0. The number of benzene rings is 2. The first-order valence-corrected chi connectivity index (χ1v) is 9.22. The predicted molar refractivity (Wildman–Crippen MR) is 107 cm³/mol. The summed E-state index contributed by atoms with van der Waals surface area (Å²) < 4.78 is 0. The van der Waals surface area contributed by atoms with Gasteiger partial charge in [-0.2, -0.15) is 0 Å². The average molecular weight is 391 g/mol. The van der Waals surface area contributed by atoms with Crippen molar-refractivity contribution in [3.05, 3.63) is 80.6 Å². The zero-order valence-corrected chi connectivity index (χ0v) is 15.8. The Morgan fingerprint density at radius 2 is 1.60 bits per heavy atom. The van der Waals surface area contributed by atoms with E-state index in [1.807, 2.05) is 36.7 Å². The third-order valence-electron chi connectivity index (χ3n) is 3.90. The van der Waals surface area contributed by atoms with Crippen molar-refractivity contribution in [1.82, 2.24) is 0 Å². The molecule has 0 aliphatic carbocycles. The molecule has 3 rings (SSSR count). The van der Waals surface area contributed by atoms with Crippen molar-refractivity contribution in [2.75, 3.05) is 17.7 Å². The average Bonchev–Trinajstić information content (AvgIpc) is 2.96. The lowest BCUT2D eigenvalue weighted by molar-refractivity contribution is 0.103. The molecule has 0 saturated carbocycles. The summed E-state index contributed by atoms with van der Waals surface area (Å²) in [6.45, 7) is 0.573. The predicted octanol–water partition coefficient (Wildman–Crippen LogP) is 5.50. The van der Waals surface area contributed by atoms with Gasteiger partial charge in [0.2, 0.25) is 0 Å². The molecular formula is C19H16Cl2N2OS. The Balaban J connectivity index is 1.87. The van der Waals surface area contributed by atoms with E-state index in [0.29, 0.717) is 32.7 Å². The van der Waals surface area contributed by atoms with Gasteiger partial charge in [-0.25, -0.2) is 0 Å². The summed E-state index contributed by atoms with van der Waals surface area (Å²) in [7, 11) is 1.97. The quantitative estimate of drug-likeness (QED) is 0.584. The number of carbonyl (C=O) groups is 1. The second kappa shape index (κ2) is 7.48. The molecule has 3 aromatic rings. The molecule has 3 nitrogen and oxygen atoms in total. The molecule has 2 aromatic carbocycles. The van der Waals surface area contributed by atoms with E-state index >= 15 is 0 Å². The van der Waals surface area contributed by atoms with E-state index in [4.69, 9.17) is 28.9 Å². The maximum absolute atomic E-state index is 12.9. The number of thiophene rings is 1. The van der Waals surface area contributed by atoms with E-state index in [-0.39, 0.29) is 5.78 Å². The molecule has 1 heterocycles. The minimum atomic E-state index is -0.0880. The van der Waals surface area contributed by atoms with Gasteiger partial charge < -0.3 is 10.6 Å². The van der Waals surface area contributed by atoms with Crippen molar-refractivity contribution < 1.29 is 4.79 Å². The van der Waals surface area contributed by atoms with E-state index in [1.54, 1.807) is 24.3 Å². The van der Waals surface area contributed by atoms with Crippen molar-refractivity contribution in [2.24, 2.45) is 0 Å². The number of halogens is 2. The molecule has 0 radical (unpaired) electrons. The molecule has 25 heavy (non-hydrogen) atoms. The van der Waals surface area contributed by atoms with Gasteiger partial charge >= 0.3 is 0 Å². The second-order valence-electron chi connectivity index (χ2n) is 5.67. The smallest absolute Gasteiger partial charge is 0.196 e.